The van der Waals surface area contributed by atoms with E-state index in [4.69, 9.17) is 4.74 Å². The molecule has 0 bridgehead atoms. The van der Waals surface area contributed by atoms with E-state index in [0.717, 1.165) is 81.1 Å². The summed E-state index contributed by atoms with van der Waals surface area (Å²) < 4.78 is 44.1. The van der Waals surface area contributed by atoms with Gasteiger partial charge in [0.05, 0.1) is 17.9 Å². The van der Waals surface area contributed by atoms with Crippen molar-refractivity contribution >= 4 is 39.0 Å². The zero-order chi connectivity index (χ0) is 27.2. The second kappa shape index (κ2) is 10.2. The summed E-state index contributed by atoms with van der Waals surface area (Å²) in [6.07, 6.45) is 1.35. The molecule has 3 aromatic rings. The summed E-state index contributed by atoms with van der Waals surface area (Å²) in [5, 5.41) is 4.32. The third-order valence-corrected chi connectivity index (χ3v) is 9.44. The molecular weight excluding hydrogens is 527 g/mol. The first-order valence-electron chi connectivity index (χ1n) is 13.4. The van der Waals surface area contributed by atoms with E-state index in [1.807, 2.05) is 29.2 Å². The standard InChI is InChI=1S/C28H32F3N5O2S/c1-38-21-6-9-35(10-7-21)26(37)18-2-4-19(5-3-18)34-20-13-27(14-20)8-11-36(16-27)24-23-12-22(15-28(29,30)31)39-25(23)33-17-32-24/h2-5,12,17,20-21,34H,6-11,13-16H2,1H3. The Kier molecular flexibility index (Phi) is 6.91. The summed E-state index contributed by atoms with van der Waals surface area (Å²) in [7, 11) is 1.72. The molecule has 4 heterocycles. The SMILES string of the molecule is COC1CCN(C(=O)c2ccc(NC3CC4(CCN(c5ncnc6sc(CC(F)(F)F)cc56)C4)C3)cc2)CC1. The van der Waals surface area contributed by atoms with Crippen LogP contribution in [0.5, 0.6) is 0 Å². The quantitative estimate of drug-likeness (QED) is 0.429. The largest absolute Gasteiger partial charge is 0.393 e. The van der Waals surface area contributed by atoms with Gasteiger partial charge < -0.3 is 19.9 Å². The number of amides is 1. The maximum atomic E-state index is 12.9. The smallest absolute Gasteiger partial charge is 0.382 e. The lowest BCUT2D eigenvalue weighted by molar-refractivity contribution is -0.126. The number of hydrogen-bond acceptors (Lipinski definition) is 7. The van der Waals surface area contributed by atoms with Gasteiger partial charge in [-0.05, 0) is 67.9 Å². The fraction of sp³-hybridized carbons (Fsp3) is 0.536. The molecular formula is C28H32F3N5O2S. The van der Waals surface area contributed by atoms with Crippen LogP contribution in [0.25, 0.3) is 10.2 Å². The number of halogens is 3. The number of fused-ring (bicyclic) bond motifs is 1. The van der Waals surface area contributed by atoms with E-state index in [1.54, 1.807) is 13.2 Å². The highest BCUT2D eigenvalue weighted by Gasteiger charge is 2.49. The first kappa shape index (κ1) is 26.3. The van der Waals surface area contributed by atoms with Crippen molar-refractivity contribution in [2.24, 2.45) is 5.41 Å². The van der Waals surface area contributed by atoms with Gasteiger partial charge in [0.25, 0.3) is 5.91 Å². The van der Waals surface area contributed by atoms with Gasteiger partial charge in [0.1, 0.15) is 17.0 Å². The number of anilines is 2. The third kappa shape index (κ3) is 5.56. The fourth-order valence-corrected chi connectivity index (χ4v) is 7.41. The minimum atomic E-state index is -4.24. The van der Waals surface area contributed by atoms with Gasteiger partial charge in [0.15, 0.2) is 0 Å². The highest BCUT2D eigenvalue weighted by atomic mass is 32.1. The molecule has 208 valence electrons. The lowest BCUT2D eigenvalue weighted by Crippen LogP contribution is -2.46. The van der Waals surface area contributed by atoms with Crippen molar-refractivity contribution in [3.05, 3.63) is 47.1 Å². The number of piperidine rings is 1. The first-order chi connectivity index (χ1) is 18.7. The zero-order valence-electron chi connectivity index (χ0n) is 21.8. The molecule has 6 rings (SSSR count). The fourth-order valence-electron chi connectivity index (χ4n) is 6.39. The van der Waals surface area contributed by atoms with E-state index in [-0.39, 0.29) is 22.3 Å². The van der Waals surface area contributed by atoms with E-state index in [2.05, 4.69) is 20.2 Å². The first-order valence-corrected chi connectivity index (χ1v) is 14.3. The van der Waals surface area contributed by atoms with Gasteiger partial charge in [0, 0.05) is 55.5 Å². The van der Waals surface area contributed by atoms with Gasteiger partial charge in [-0.2, -0.15) is 13.2 Å². The lowest BCUT2D eigenvalue weighted by Gasteiger charge is -2.46. The molecule has 1 spiro atoms. The number of carbonyl (C=O) groups excluding carboxylic acids is 1. The molecule has 1 N–H and O–H groups in total. The van der Waals surface area contributed by atoms with Crippen molar-refractivity contribution in [1.29, 1.82) is 0 Å². The summed E-state index contributed by atoms with van der Waals surface area (Å²) in [6.45, 7) is 3.12. The molecule has 1 aliphatic carbocycles. The summed E-state index contributed by atoms with van der Waals surface area (Å²) in [5.41, 5.74) is 1.90. The van der Waals surface area contributed by atoms with Crippen molar-refractivity contribution in [1.82, 2.24) is 14.9 Å². The van der Waals surface area contributed by atoms with Crippen LogP contribution in [-0.4, -0.2) is 72.4 Å². The van der Waals surface area contributed by atoms with Crippen molar-refractivity contribution in [3.63, 3.8) is 0 Å². The number of hydrogen-bond donors (Lipinski definition) is 1. The van der Waals surface area contributed by atoms with Crippen molar-refractivity contribution in [2.45, 2.75) is 56.8 Å². The molecule has 11 heteroatoms. The van der Waals surface area contributed by atoms with Gasteiger partial charge in [-0.1, -0.05) is 0 Å². The lowest BCUT2D eigenvalue weighted by atomic mass is 9.65. The molecule has 3 fully saturated rings. The molecule has 39 heavy (non-hydrogen) atoms. The number of carbonyl (C=O) groups is 1. The Morgan fingerprint density at radius 1 is 1.15 bits per heavy atom. The van der Waals surface area contributed by atoms with Crippen molar-refractivity contribution in [2.75, 3.05) is 43.5 Å². The predicted octanol–water partition coefficient (Wildman–Crippen LogP) is 5.52. The third-order valence-electron chi connectivity index (χ3n) is 8.40. The zero-order valence-corrected chi connectivity index (χ0v) is 22.7. The Labute approximate surface area is 229 Å². The Bertz CT molecular complexity index is 1330. The van der Waals surface area contributed by atoms with Gasteiger partial charge in [-0.3, -0.25) is 4.79 Å². The van der Waals surface area contributed by atoms with Crippen LogP contribution in [0.3, 0.4) is 0 Å². The maximum absolute atomic E-state index is 12.9. The summed E-state index contributed by atoms with van der Waals surface area (Å²) in [5.74, 6) is 0.810. The number of methoxy groups -OCH3 is 1. The minimum Gasteiger partial charge on any atom is -0.382 e. The number of aromatic nitrogens is 2. The van der Waals surface area contributed by atoms with Crippen LogP contribution in [0.2, 0.25) is 0 Å². The molecule has 2 aliphatic heterocycles. The minimum absolute atomic E-state index is 0.0692. The van der Waals surface area contributed by atoms with Crippen LogP contribution in [0.1, 0.15) is 47.3 Å². The Hall–Kier alpha value is -2.92. The molecule has 7 nitrogen and oxygen atoms in total. The number of ether oxygens (including phenoxy) is 1. The number of thiophene rings is 1. The summed E-state index contributed by atoms with van der Waals surface area (Å²) in [4.78, 5) is 26.5. The predicted molar refractivity (Wildman–Crippen MR) is 145 cm³/mol. The van der Waals surface area contributed by atoms with E-state index in [1.165, 1.54) is 6.33 Å². The number of nitrogens with zero attached hydrogens (tertiary/aromatic N) is 4. The van der Waals surface area contributed by atoms with Gasteiger partial charge >= 0.3 is 6.18 Å². The number of nitrogens with one attached hydrogen (secondary N) is 1. The number of likely N-dealkylation sites (tertiary alicyclic amines) is 1. The van der Waals surface area contributed by atoms with Crippen molar-refractivity contribution in [3.8, 4) is 0 Å². The Balaban J connectivity index is 1.03. The summed E-state index contributed by atoms with van der Waals surface area (Å²) >= 11 is 1.09. The Morgan fingerprint density at radius 3 is 2.59 bits per heavy atom. The van der Waals surface area contributed by atoms with Crippen LogP contribution in [0, 0.1) is 5.41 Å². The highest BCUT2D eigenvalue weighted by Crippen LogP contribution is 2.50. The molecule has 2 saturated heterocycles. The second-order valence-corrected chi connectivity index (χ2v) is 12.3. The number of alkyl halides is 3. The second-order valence-electron chi connectivity index (χ2n) is 11.1. The molecule has 1 amide bonds. The van der Waals surface area contributed by atoms with E-state index < -0.39 is 12.6 Å². The summed E-state index contributed by atoms with van der Waals surface area (Å²) in [6, 6.07) is 9.71. The van der Waals surface area contributed by atoms with Crippen LogP contribution < -0.4 is 10.2 Å². The number of benzene rings is 1. The van der Waals surface area contributed by atoms with Gasteiger partial charge in [0.2, 0.25) is 0 Å². The molecule has 1 saturated carbocycles. The average molecular weight is 560 g/mol. The van der Waals surface area contributed by atoms with Gasteiger partial charge in [-0.25, -0.2) is 9.97 Å². The molecule has 0 atom stereocenters. The van der Waals surface area contributed by atoms with E-state index >= 15 is 0 Å². The van der Waals surface area contributed by atoms with Crippen LogP contribution in [0.15, 0.2) is 36.7 Å². The molecule has 0 unspecified atom stereocenters. The van der Waals surface area contributed by atoms with Crippen LogP contribution >= 0.6 is 11.3 Å². The van der Waals surface area contributed by atoms with E-state index in [9.17, 15) is 18.0 Å². The maximum Gasteiger partial charge on any atom is 0.393 e. The van der Waals surface area contributed by atoms with Crippen LogP contribution in [0.4, 0.5) is 24.7 Å². The topological polar surface area (TPSA) is 70.6 Å². The monoisotopic (exact) mass is 559 g/mol. The average Bonchev–Trinajstić information content (AvgIpc) is 3.52. The van der Waals surface area contributed by atoms with E-state index in [0.29, 0.717) is 21.8 Å². The molecule has 0 radical (unpaired) electrons. The Morgan fingerprint density at radius 2 is 1.90 bits per heavy atom. The van der Waals surface area contributed by atoms with Crippen LogP contribution in [-0.2, 0) is 11.2 Å². The highest BCUT2D eigenvalue weighted by molar-refractivity contribution is 7.18. The number of rotatable bonds is 6. The molecule has 3 aliphatic rings. The molecule has 1 aromatic carbocycles. The normalized spacial score (nSPS) is 23.9. The molecule has 2 aromatic heterocycles. The van der Waals surface area contributed by atoms with Gasteiger partial charge in [-0.15, -0.1) is 11.3 Å². The van der Waals surface area contributed by atoms with Crippen molar-refractivity contribution < 1.29 is 22.7 Å².